The molecule has 2 N–H and O–H groups in total. The minimum absolute atomic E-state index is 0.0479. The Kier molecular flexibility index (Phi) is 6.73. The van der Waals surface area contributed by atoms with Crippen molar-refractivity contribution in [1.29, 1.82) is 0 Å². The van der Waals surface area contributed by atoms with Gasteiger partial charge in [0.25, 0.3) is 0 Å². The van der Waals surface area contributed by atoms with E-state index >= 15 is 0 Å². The quantitative estimate of drug-likeness (QED) is 0.539. The molecule has 0 bridgehead atoms. The molecule has 28 heavy (non-hydrogen) atoms. The third kappa shape index (κ3) is 4.09. The lowest BCUT2D eigenvalue weighted by molar-refractivity contribution is -0.141. The van der Waals surface area contributed by atoms with Crippen molar-refractivity contribution in [2.75, 3.05) is 6.54 Å². The fraction of sp³-hybridized carbons (Fsp3) is 0.905. The number of urea groups is 2. The maximum atomic E-state index is 13.3. The maximum Gasteiger partial charge on any atom is 0.343 e. The third-order valence-electron chi connectivity index (χ3n) is 6.83. The van der Waals surface area contributed by atoms with Gasteiger partial charge < -0.3 is 10.2 Å². The number of carbonyl (C=O) groups excluding carboxylic acids is 2. The highest BCUT2D eigenvalue weighted by atomic mass is 16.5. The Morgan fingerprint density at radius 1 is 1.11 bits per heavy atom. The second-order valence-electron chi connectivity index (χ2n) is 9.29. The average Bonchev–Trinajstić information content (AvgIpc) is 2.89. The highest BCUT2D eigenvalue weighted by Crippen LogP contribution is 2.39. The zero-order chi connectivity index (χ0) is 20.3. The monoisotopic (exact) mass is 394 g/mol. The van der Waals surface area contributed by atoms with E-state index in [9.17, 15) is 14.8 Å². The zero-order valence-electron chi connectivity index (χ0n) is 17.8. The first-order valence-corrected chi connectivity index (χ1v) is 11.3. The van der Waals surface area contributed by atoms with Crippen LogP contribution in [0.4, 0.5) is 9.59 Å². The van der Waals surface area contributed by atoms with Crippen LogP contribution in [-0.4, -0.2) is 62.5 Å². The van der Waals surface area contributed by atoms with Crippen molar-refractivity contribution in [1.82, 2.24) is 20.2 Å². The van der Waals surface area contributed by atoms with Crippen LogP contribution in [0.25, 0.3) is 0 Å². The van der Waals surface area contributed by atoms with Gasteiger partial charge in [-0.15, -0.1) is 0 Å². The molecule has 3 rings (SSSR count). The van der Waals surface area contributed by atoms with Crippen LogP contribution in [-0.2, 0) is 0 Å². The molecule has 0 spiro atoms. The van der Waals surface area contributed by atoms with E-state index in [0.717, 1.165) is 62.9 Å². The molecule has 1 aliphatic heterocycles. The third-order valence-corrected chi connectivity index (χ3v) is 6.83. The molecular formula is C21H38N4O3. The van der Waals surface area contributed by atoms with Crippen LogP contribution in [0, 0.1) is 0 Å². The van der Waals surface area contributed by atoms with E-state index < -0.39 is 17.7 Å². The number of hydroxylamine groups is 2. The minimum Gasteiger partial charge on any atom is -0.333 e. The lowest BCUT2D eigenvalue weighted by atomic mass is 9.92. The van der Waals surface area contributed by atoms with Crippen molar-refractivity contribution in [3.05, 3.63) is 0 Å². The molecule has 0 aromatic heterocycles. The molecular weight excluding hydrogens is 356 g/mol. The topological polar surface area (TPSA) is 76.1 Å². The molecule has 4 amide bonds. The predicted molar refractivity (Wildman–Crippen MR) is 108 cm³/mol. The normalized spacial score (nSPS) is 26.6. The summed E-state index contributed by atoms with van der Waals surface area (Å²) in [6, 6.07) is -0.319. The summed E-state index contributed by atoms with van der Waals surface area (Å²) in [4.78, 5) is 29.9. The second kappa shape index (κ2) is 8.89. The van der Waals surface area contributed by atoms with Gasteiger partial charge in [0.1, 0.15) is 0 Å². The van der Waals surface area contributed by atoms with E-state index in [0.29, 0.717) is 6.54 Å². The van der Waals surface area contributed by atoms with Crippen LogP contribution in [0.3, 0.4) is 0 Å². The molecule has 7 nitrogen and oxygen atoms in total. The molecule has 3 fully saturated rings. The van der Waals surface area contributed by atoms with Gasteiger partial charge in [-0.25, -0.2) is 9.59 Å². The Morgan fingerprint density at radius 2 is 1.68 bits per heavy atom. The van der Waals surface area contributed by atoms with Crippen LogP contribution in [0.2, 0.25) is 0 Å². The first kappa shape index (κ1) is 21.2. The van der Waals surface area contributed by atoms with Gasteiger partial charge in [-0.05, 0) is 46.0 Å². The van der Waals surface area contributed by atoms with Gasteiger partial charge in [0.15, 0.2) is 6.17 Å². The number of hydrogen-bond donors (Lipinski definition) is 2. The zero-order valence-corrected chi connectivity index (χ0v) is 17.8. The summed E-state index contributed by atoms with van der Waals surface area (Å²) in [7, 11) is 0. The SMILES string of the molecule is CCCN1C(=O)N(C2CCCCC2)[C@@H](N(O)C(=O)NC2CCCCC2)C1(C)C. The number of rotatable bonds is 5. The Hall–Kier alpha value is -1.50. The lowest BCUT2D eigenvalue weighted by Crippen LogP contribution is -2.61. The van der Waals surface area contributed by atoms with Gasteiger partial charge >= 0.3 is 12.1 Å². The van der Waals surface area contributed by atoms with E-state index in [4.69, 9.17) is 0 Å². The molecule has 0 aromatic carbocycles. The van der Waals surface area contributed by atoms with Gasteiger partial charge in [0, 0.05) is 18.6 Å². The highest BCUT2D eigenvalue weighted by Gasteiger charge is 2.56. The molecule has 2 saturated carbocycles. The van der Waals surface area contributed by atoms with Crippen molar-refractivity contribution < 1.29 is 14.8 Å². The van der Waals surface area contributed by atoms with E-state index in [2.05, 4.69) is 5.32 Å². The molecule has 2 aliphatic carbocycles. The first-order chi connectivity index (χ1) is 13.4. The summed E-state index contributed by atoms with van der Waals surface area (Å²) >= 11 is 0. The highest BCUT2D eigenvalue weighted by molar-refractivity contribution is 5.81. The van der Waals surface area contributed by atoms with Gasteiger partial charge in [-0.2, -0.15) is 5.06 Å². The van der Waals surface area contributed by atoms with Gasteiger partial charge in [-0.3, -0.25) is 10.1 Å². The van der Waals surface area contributed by atoms with Crippen molar-refractivity contribution in [3.63, 3.8) is 0 Å². The Morgan fingerprint density at radius 3 is 2.25 bits per heavy atom. The molecule has 7 heteroatoms. The summed E-state index contributed by atoms with van der Waals surface area (Å²) in [5.41, 5.74) is -0.650. The molecule has 0 unspecified atom stereocenters. The molecule has 1 atom stereocenters. The molecule has 3 aliphatic rings. The Balaban J connectivity index is 1.82. The van der Waals surface area contributed by atoms with Crippen molar-refractivity contribution in [2.24, 2.45) is 0 Å². The summed E-state index contributed by atoms with van der Waals surface area (Å²) in [5.74, 6) is 0. The van der Waals surface area contributed by atoms with Crippen LogP contribution in [0.15, 0.2) is 0 Å². The fourth-order valence-electron chi connectivity index (χ4n) is 5.31. The van der Waals surface area contributed by atoms with Gasteiger partial charge in [0.2, 0.25) is 0 Å². The van der Waals surface area contributed by atoms with Crippen LogP contribution in [0.1, 0.15) is 91.4 Å². The first-order valence-electron chi connectivity index (χ1n) is 11.3. The number of amides is 4. The number of carbonyl (C=O) groups is 2. The number of nitrogens with zero attached hydrogens (tertiary/aromatic N) is 3. The lowest BCUT2D eigenvalue weighted by Gasteiger charge is -2.41. The van der Waals surface area contributed by atoms with E-state index in [1.807, 2.05) is 25.7 Å². The smallest absolute Gasteiger partial charge is 0.333 e. The largest absolute Gasteiger partial charge is 0.343 e. The predicted octanol–water partition coefficient (Wildman–Crippen LogP) is 4.30. The van der Waals surface area contributed by atoms with Crippen molar-refractivity contribution in [2.45, 2.75) is 115 Å². The molecule has 1 heterocycles. The minimum atomic E-state index is -0.668. The summed E-state index contributed by atoms with van der Waals surface area (Å²) < 4.78 is 0. The standard InChI is InChI=1S/C21H38N4O3/c1-4-15-23-20(27)24(17-13-9-6-10-14-17)18(21(23,2)3)25(28)19(26)22-16-11-7-5-8-12-16/h16-18,28H,4-15H2,1-3H3,(H,22,26)/t18-/m0/s1. The van der Waals surface area contributed by atoms with Crippen LogP contribution < -0.4 is 5.32 Å². The molecule has 1 saturated heterocycles. The fourth-order valence-corrected chi connectivity index (χ4v) is 5.31. The Bertz CT molecular complexity index is 556. The van der Waals surface area contributed by atoms with Crippen molar-refractivity contribution in [3.8, 4) is 0 Å². The van der Waals surface area contributed by atoms with Gasteiger partial charge in [0.05, 0.1) is 5.54 Å². The van der Waals surface area contributed by atoms with E-state index in [1.165, 1.54) is 12.8 Å². The maximum absolute atomic E-state index is 13.3. The second-order valence-corrected chi connectivity index (χ2v) is 9.29. The van der Waals surface area contributed by atoms with Crippen molar-refractivity contribution >= 4 is 12.1 Å². The van der Waals surface area contributed by atoms with E-state index in [-0.39, 0.29) is 18.1 Å². The average molecular weight is 395 g/mol. The molecule has 0 aromatic rings. The van der Waals surface area contributed by atoms with Crippen LogP contribution in [0.5, 0.6) is 0 Å². The number of nitrogens with one attached hydrogen (secondary N) is 1. The van der Waals surface area contributed by atoms with Crippen LogP contribution >= 0.6 is 0 Å². The number of hydrogen-bond acceptors (Lipinski definition) is 3. The van der Waals surface area contributed by atoms with E-state index in [1.54, 1.807) is 4.90 Å². The Labute approximate surface area is 169 Å². The molecule has 160 valence electrons. The summed E-state index contributed by atoms with van der Waals surface area (Å²) in [6.45, 7) is 6.61. The summed E-state index contributed by atoms with van der Waals surface area (Å²) in [6.07, 6.45) is 10.8. The van der Waals surface area contributed by atoms with Gasteiger partial charge in [-0.1, -0.05) is 45.4 Å². The molecule has 0 radical (unpaired) electrons. The summed E-state index contributed by atoms with van der Waals surface area (Å²) in [5, 5.41) is 14.8.